The number of amides is 1. The van der Waals surface area contributed by atoms with Crippen molar-refractivity contribution in [3.63, 3.8) is 0 Å². The third-order valence-corrected chi connectivity index (χ3v) is 5.73. The number of nitrogens with zero attached hydrogens (tertiary/aromatic N) is 3. The van der Waals surface area contributed by atoms with Crippen molar-refractivity contribution in [2.24, 2.45) is 0 Å². The Kier molecular flexibility index (Phi) is 6.29. The lowest BCUT2D eigenvalue weighted by Gasteiger charge is -2.09. The Hall–Kier alpha value is -3.56. The van der Waals surface area contributed by atoms with Crippen LogP contribution in [-0.4, -0.2) is 26.6 Å². The van der Waals surface area contributed by atoms with Gasteiger partial charge in [0.1, 0.15) is 15.9 Å². The second-order valence-corrected chi connectivity index (χ2v) is 8.01. The van der Waals surface area contributed by atoms with E-state index in [9.17, 15) is 19.3 Å². The molecule has 4 aromatic rings. The fraction of sp³-hybridized carbons (Fsp3) is 0.0455. The molecule has 1 amide bonds. The highest BCUT2D eigenvalue weighted by Crippen LogP contribution is 2.30. The van der Waals surface area contributed by atoms with Crippen LogP contribution in [0.2, 0.25) is 5.02 Å². The molecule has 0 aliphatic heterocycles. The van der Waals surface area contributed by atoms with E-state index >= 15 is 0 Å². The maximum Gasteiger partial charge on any atom is 0.289 e. The van der Waals surface area contributed by atoms with Crippen LogP contribution in [-0.2, 0) is 4.79 Å². The summed E-state index contributed by atoms with van der Waals surface area (Å²) in [6.07, 6.45) is 0. The van der Waals surface area contributed by atoms with Crippen molar-refractivity contribution in [2.75, 3.05) is 11.1 Å². The Balaban J connectivity index is 1.58. The molecule has 7 nitrogen and oxygen atoms in total. The number of nitrogens with one attached hydrogen (secondary N) is 1. The highest BCUT2D eigenvalue weighted by atomic mass is 35.5. The Labute approximate surface area is 190 Å². The number of benzene rings is 3. The van der Waals surface area contributed by atoms with Gasteiger partial charge in [-0.25, -0.2) is 14.4 Å². The van der Waals surface area contributed by atoms with Crippen LogP contribution in [0, 0.1) is 15.9 Å². The first-order valence-corrected chi connectivity index (χ1v) is 10.7. The first kappa shape index (κ1) is 21.7. The van der Waals surface area contributed by atoms with Gasteiger partial charge in [-0.3, -0.25) is 14.9 Å². The average Bonchev–Trinajstić information content (AvgIpc) is 2.79. The minimum Gasteiger partial charge on any atom is -0.325 e. The van der Waals surface area contributed by atoms with E-state index < -0.39 is 16.6 Å². The van der Waals surface area contributed by atoms with Crippen molar-refractivity contribution in [3.05, 3.63) is 87.7 Å². The van der Waals surface area contributed by atoms with E-state index in [-0.39, 0.29) is 22.2 Å². The molecule has 0 radical (unpaired) electrons. The molecule has 0 unspecified atom stereocenters. The Bertz CT molecular complexity index is 1340. The number of hydrogen-bond acceptors (Lipinski definition) is 6. The number of nitro groups is 1. The van der Waals surface area contributed by atoms with Crippen LogP contribution in [0.15, 0.2) is 71.8 Å². The van der Waals surface area contributed by atoms with Gasteiger partial charge in [-0.15, -0.1) is 0 Å². The number of carbonyl (C=O) groups is 1. The molecule has 0 bridgehead atoms. The molecule has 3 aromatic carbocycles. The van der Waals surface area contributed by atoms with Crippen molar-refractivity contribution in [2.45, 2.75) is 5.03 Å². The molecule has 0 fully saturated rings. The highest BCUT2D eigenvalue weighted by molar-refractivity contribution is 8.00. The number of rotatable bonds is 6. The lowest BCUT2D eigenvalue weighted by atomic mass is 10.2. The van der Waals surface area contributed by atoms with E-state index in [1.165, 1.54) is 30.3 Å². The molecule has 32 heavy (non-hydrogen) atoms. The molecule has 1 heterocycles. The fourth-order valence-electron chi connectivity index (χ4n) is 2.96. The molecule has 0 aliphatic carbocycles. The molecule has 0 saturated carbocycles. The summed E-state index contributed by atoms with van der Waals surface area (Å²) in [5, 5.41) is 14.5. The minimum absolute atomic E-state index is 0.0229. The summed E-state index contributed by atoms with van der Waals surface area (Å²) in [7, 11) is 0. The van der Waals surface area contributed by atoms with Crippen LogP contribution < -0.4 is 5.32 Å². The van der Waals surface area contributed by atoms with Crippen molar-refractivity contribution < 1.29 is 14.1 Å². The standard InChI is InChI=1S/C22H14ClFN4O3S/c23-17-8-7-15(11-19(17)28(30)31)25-20(29)12-32-22-16-10-14(24)6-9-18(16)26-21(27-22)13-4-2-1-3-5-13/h1-11H,12H2,(H,25,29). The number of nitro benzene ring substituents is 1. The van der Waals surface area contributed by atoms with Crippen LogP contribution in [0.25, 0.3) is 22.3 Å². The smallest absolute Gasteiger partial charge is 0.289 e. The van der Waals surface area contributed by atoms with Crippen LogP contribution >= 0.6 is 23.4 Å². The first-order valence-electron chi connectivity index (χ1n) is 9.30. The summed E-state index contributed by atoms with van der Waals surface area (Å²) in [4.78, 5) is 31.9. The Morgan fingerprint density at radius 1 is 1.09 bits per heavy atom. The zero-order valence-electron chi connectivity index (χ0n) is 16.3. The summed E-state index contributed by atoms with van der Waals surface area (Å²) >= 11 is 6.92. The van der Waals surface area contributed by atoms with Gasteiger partial charge < -0.3 is 5.32 Å². The molecule has 0 aliphatic rings. The molecule has 0 atom stereocenters. The van der Waals surface area contributed by atoms with Crippen molar-refractivity contribution in [3.8, 4) is 11.4 Å². The van der Waals surface area contributed by atoms with E-state index in [0.29, 0.717) is 21.8 Å². The van der Waals surface area contributed by atoms with Gasteiger partial charge >= 0.3 is 0 Å². The quantitative estimate of drug-likeness (QED) is 0.168. The molecule has 10 heteroatoms. The first-order chi connectivity index (χ1) is 15.4. The second kappa shape index (κ2) is 9.29. The van der Waals surface area contributed by atoms with E-state index in [2.05, 4.69) is 15.3 Å². The van der Waals surface area contributed by atoms with Gasteiger partial charge in [0.25, 0.3) is 5.69 Å². The van der Waals surface area contributed by atoms with Crippen molar-refractivity contribution in [1.29, 1.82) is 0 Å². The molecule has 0 spiro atoms. The Morgan fingerprint density at radius 3 is 2.62 bits per heavy atom. The molecule has 0 saturated heterocycles. The highest BCUT2D eigenvalue weighted by Gasteiger charge is 2.16. The predicted octanol–water partition coefficient (Wildman–Crippen LogP) is 5.73. The average molecular weight is 469 g/mol. The maximum atomic E-state index is 13.9. The summed E-state index contributed by atoms with van der Waals surface area (Å²) in [6.45, 7) is 0. The van der Waals surface area contributed by atoms with E-state index in [4.69, 9.17) is 11.6 Å². The van der Waals surface area contributed by atoms with Gasteiger partial charge in [0, 0.05) is 22.7 Å². The van der Waals surface area contributed by atoms with E-state index in [0.717, 1.165) is 17.3 Å². The Morgan fingerprint density at radius 2 is 1.88 bits per heavy atom. The number of anilines is 1. The van der Waals surface area contributed by atoms with Crippen molar-refractivity contribution in [1.82, 2.24) is 9.97 Å². The summed E-state index contributed by atoms with van der Waals surface area (Å²) in [6, 6.07) is 17.5. The molecular weight excluding hydrogens is 455 g/mol. The normalized spacial score (nSPS) is 10.8. The van der Waals surface area contributed by atoms with Crippen LogP contribution in [0.5, 0.6) is 0 Å². The van der Waals surface area contributed by atoms with Crippen LogP contribution in [0.3, 0.4) is 0 Å². The zero-order chi connectivity index (χ0) is 22.7. The summed E-state index contributed by atoms with van der Waals surface area (Å²) in [5.74, 6) is -0.432. The molecule has 4 rings (SSSR count). The molecule has 1 aromatic heterocycles. The topological polar surface area (TPSA) is 98.0 Å². The number of carbonyl (C=O) groups excluding carboxylic acids is 1. The lowest BCUT2D eigenvalue weighted by molar-refractivity contribution is -0.384. The van der Waals surface area contributed by atoms with Gasteiger partial charge in [0.2, 0.25) is 5.91 Å². The third-order valence-electron chi connectivity index (χ3n) is 4.42. The lowest BCUT2D eigenvalue weighted by Crippen LogP contribution is -2.14. The number of thioether (sulfide) groups is 1. The van der Waals surface area contributed by atoms with Gasteiger partial charge in [-0.1, -0.05) is 53.7 Å². The fourth-order valence-corrected chi connectivity index (χ4v) is 3.96. The summed E-state index contributed by atoms with van der Waals surface area (Å²) in [5.41, 5.74) is 1.28. The molecule has 160 valence electrons. The predicted molar refractivity (Wildman–Crippen MR) is 122 cm³/mol. The van der Waals surface area contributed by atoms with Crippen LogP contribution in [0.4, 0.5) is 15.8 Å². The van der Waals surface area contributed by atoms with Crippen LogP contribution in [0.1, 0.15) is 0 Å². The monoisotopic (exact) mass is 468 g/mol. The number of fused-ring (bicyclic) bond motifs is 1. The molecular formula is C22H14ClFN4O3S. The molecule has 1 N–H and O–H groups in total. The zero-order valence-corrected chi connectivity index (χ0v) is 17.9. The van der Waals surface area contributed by atoms with E-state index in [1.54, 1.807) is 6.07 Å². The minimum atomic E-state index is -0.626. The largest absolute Gasteiger partial charge is 0.325 e. The van der Waals surface area contributed by atoms with E-state index in [1.807, 2.05) is 30.3 Å². The number of aromatic nitrogens is 2. The summed E-state index contributed by atoms with van der Waals surface area (Å²) < 4.78 is 13.9. The van der Waals surface area contributed by atoms with Crippen molar-refractivity contribution >= 4 is 51.5 Å². The van der Waals surface area contributed by atoms with Gasteiger partial charge in [-0.2, -0.15) is 0 Å². The SMILES string of the molecule is O=C(CSc1nc(-c2ccccc2)nc2ccc(F)cc12)Nc1ccc(Cl)c([N+](=O)[O-])c1. The van der Waals surface area contributed by atoms with Gasteiger partial charge in [-0.05, 0) is 30.3 Å². The number of halogens is 2. The maximum absolute atomic E-state index is 13.9. The second-order valence-electron chi connectivity index (χ2n) is 6.64. The van der Waals surface area contributed by atoms with Gasteiger partial charge in [0.15, 0.2) is 5.82 Å². The third kappa shape index (κ3) is 4.84. The number of hydrogen-bond donors (Lipinski definition) is 1. The van der Waals surface area contributed by atoms with Gasteiger partial charge in [0.05, 0.1) is 16.2 Å².